The number of ether oxygens (including phenoxy) is 2. The van der Waals surface area contributed by atoms with Gasteiger partial charge in [0.2, 0.25) is 5.91 Å². The topological polar surface area (TPSA) is 97.0 Å². The van der Waals surface area contributed by atoms with Gasteiger partial charge >= 0.3 is 6.09 Å². The number of halogens is 2. The fraction of sp³-hybridized carbons (Fsp3) is 0.344. The number of aryl methyl sites for hydroxylation is 1. The van der Waals surface area contributed by atoms with Crippen LogP contribution in [0.4, 0.5) is 16.2 Å². The number of likely N-dealkylation sites (N-methyl/N-ethyl adjacent to an activating group) is 1. The van der Waals surface area contributed by atoms with Crippen LogP contribution in [0.3, 0.4) is 0 Å². The van der Waals surface area contributed by atoms with Gasteiger partial charge in [-0.3, -0.25) is 14.9 Å². The average molecular weight is 701 g/mol. The van der Waals surface area contributed by atoms with E-state index in [1.165, 1.54) is 6.07 Å². The van der Waals surface area contributed by atoms with Crippen molar-refractivity contribution in [2.75, 3.05) is 24.7 Å². The molecule has 8 nitrogen and oxygen atoms in total. The minimum atomic E-state index is -0.485. The summed E-state index contributed by atoms with van der Waals surface area (Å²) in [6, 6.07) is 20.7. The van der Waals surface area contributed by atoms with Crippen LogP contribution in [0.25, 0.3) is 11.1 Å². The Kier molecular flexibility index (Phi) is 7.80. The van der Waals surface area contributed by atoms with Crippen molar-refractivity contribution in [2.45, 2.75) is 53.6 Å². The number of morpholine rings is 1. The van der Waals surface area contributed by atoms with Crippen LogP contribution in [0.1, 0.15) is 35.2 Å². The molecule has 42 heavy (non-hydrogen) atoms. The van der Waals surface area contributed by atoms with Crippen LogP contribution < -0.4 is 10.6 Å². The molecular formula is C32H32ClIN3O5+. The molecule has 3 aromatic carbocycles. The molecule has 3 saturated heterocycles. The maximum atomic E-state index is 13.2. The van der Waals surface area contributed by atoms with E-state index in [1.807, 2.05) is 48.5 Å². The van der Waals surface area contributed by atoms with Crippen molar-refractivity contribution in [2.24, 2.45) is 0 Å². The number of aldehydes is 1. The van der Waals surface area contributed by atoms with E-state index in [0.29, 0.717) is 40.7 Å². The van der Waals surface area contributed by atoms with E-state index < -0.39 is 6.09 Å². The van der Waals surface area contributed by atoms with Gasteiger partial charge in [-0.15, -0.1) is 0 Å². The Morgan fingerprint density at radius 1 is 1.10 bits per heavy atom. The molecule has 0 unspecified atom stereocenters. The van der Waals surface area contributed by atoms with E-state index in [-0.39, 0.29) is 34.2 Å². The number of anilines is 2. The van der Waals surface area contributed by atoms with Crippen molar-refractivity contribution in [3.05, 3.63) is 82.9 Å². The summed E-state index contributed by atoms with van der Waals surface area (Å²) in [5, 5.41) is 6.11. The largest absolute Gasteiger partial charge is 0.445 e. The Labute approximate surface area is 263 Å². The van der Waals surface area contributed by atoms with Gasteiger partial charge in [0.25, 0.3) is 0 Å². The fourth-order valence-electron chi connectivity index (χ4n) is 6.44. The first-order valence-corrected chi connectivity index (χ1v) is 15.4. The average Bonchev–Trinajstić information content (AvgIpc) is 3.75. The number of hydrogen-bond donors (Lipinski definition) is 2. The van der Waals surface area contributed by atoms with E-state index >= 15 is 0 Å². The Morgan fingerprint density at radius 3 is 2.60 bits per heavy atom. The van der Waals surface area contributed by atoms with Gasteiger partial charge in [0.05, 0.1) is 36.9 Å². The molecule has 3 aliphatic rings. The van der Waals surface area contributed by atoms with Gasteiger partial charge in [0.15, 0.2) is 9.65 Å². The zero-order valence-corrected chi connectivity index (χ0v) is 26.2. The van der Waals surface area contributed by atoms with Crippen molar-refractivity contribution in [1.82, 2.24) is 0 Å². The van der Waals surface area contributed by atoms with Crippen LogP contribution in [0.15, 0.2) is 66.7 Å². The van der Waals surface area contributed by atoms with Crippen LogP contribution in [0.5, 0.6) is 0 Å². The van der Waals surface area contributed by atoms with E-state index in [9.17, 15) is 14.4 Å². The number of amides is 2. The summed E-state index contributed by atoms with van der Waals surface area (Å²) >= 11 is 8.72. The molecule has 2 bridgehead atoms. The minimum Gasteiger partial charge on any atom is -0.445 e. The van der Waals surface area contributed by atoms with Crippen molar-refractivity contribution in [3.63, 3.8) is 0 Å². The molecule has 2 N–H and O–H groups in total. The third-order valence-corrected chi connectivity index (χ3v) is 11.5. The molecule has 10 heteroatoms. The van der Waals surface area contributed by atoms with E-state index in [4.69, 9.17) is 21.1 Å². The smallest absolute Gasteiger partial charge is 0.411 e. The number of epoxide rings is 1. The summed E-state index contributed by atoms with van der Waals surface area (Å²) in [7, 11) is 4.50. The fourth-order valence-corrected chi connectivity index (χ4v) is 8.03. The van der Waals surface area contributed by atoms with E-state index in [1.54, 1.807) is 12.1 Å². The highest BCUT2D eigenvalue weighted by Crippen LogP contribution is 2.61. The number of nitrogens with one attached hydrogen (secondary N) is 2. The second-order valence-corrected chi connectivity index (χ2v) is 14.0. The first kappa shape index (κ1) is 29.1. The van der Waals surface area contributed by atoms with Crippen LogP contribution in [0, 0.1) is 0 Å². The number of carbonyl (C=O) groups excluding carboxylic acids is 3. The number of carbonyl (C=O) groups is 3. The molecule has 2 amide bonds. The standard InChI is InChI=1S/C32H31ClIN3O5/c1-37(2)27-16-22(17-32(37,34)30-29(27)42-30)41-31(40)36-26-15-19(8-11-23(26)21-6-4-3-5-7-21)10-13-28(39)35-25-12-9-20(18-38)14-24(25)33/h3-9,11-12,14-15,18,22,27,29-30H,10,13,16-17H2,1-2H3,(H-,35,36,38,39,40)/p+1/t22-,27-,29-,30+,32-/m0/s1. The summed E-state index contributed by atoms with van der Waals surface area (Å²) in [5.74, 6) is -0.209. The highest BCUT2D eigenvalue weighted by atomic mass is 127. The molecule has 5 atom stereocenters. The maximum Gasteiger partial charge on any atom is 0.411 e. The van der Waals surface area contributed by atoms with Crippen LogP contribution in [-0.4, -0.2) is 64.8 Å². The van der Waals surface area contributed by atoms with Gasteiger partial charge in [-0.1, -0.05) is 54.1 Å². The molecule has 3 fully saturated rings. The highest BCUT2D eigenvalue weighted by Gasteiger charge is 2.78. The second kappa shape index (κ2) is 11.3. The summed E-state index contributed by atoms with van der Waals surface area (Å²) in [6.07, 6.45) is 2.68. The lowest BCUT2D eigenvalue weighted by molar-refractivity contribution is -0.943. The van der Waals surface area contributed by atoms with Crippen molar-refractivity contribution < 1.29 is 28.3 Å². The normalized spacial score (nSPS) is 26.6. The molecule has 6 rings (SSSR count). The van der Waals surface area contributed by atoms with Gasteiger partial charge in [-0.25, -0.2) is 4.79 Å². The molecule has 3 heterocycles. The Balaban J connectivity index is 1.14. The van der Waals surface area contributed by atoms with E-state index in [2.05, 4.69) is 47.3 Å². The van der Waals surface area contributed by atoms with Crippen molar-refractivity contribution >= 4 is 63.9 Å². The van der Waals surface area contributed by atoms with Gasteiger partial charge in [0, 0.05) is 24.0 Å². The minimum absolute atomic E-state index is 0.104. The number of rotatable bonds is 8. The molecule has 3 aliphatic heterocycles. The first-order valence-electron chi connectivity index (χ1n) is 14.0. The van der Waals surface area contributed by atoms with Crippen LogP contribution in [-0.2, 0) is 20.7 Å². The molecule has 3 aromatic rings. The second-order valence-electron chi connectivity index (χ2n) is 11.7. The molecular weight excluding hydrogens is 669 g/mol. The number of benzene rings is 3. The number of quaternary nitrogens is 1. The molecule has 0 spiro atoms. The molecule has 0 radical (unpaired) electrons. The first-order chi connectivity index (χ1) is 20.1. The SMILES string of the molecule is C[N+]1(C)[C@H]2C[C@H](OC(=O)Nc3cc(CCC(=O)Nc4ccc(C=O)cc4Cl)ccc3-c3ccccc3)C[C@@]1(I)[C@@H]1O[C@H]12. The third-order valence-electron chi connectivity index (χ3n) is 8.87. The van der Waals surface area contributed by atoms with Crippen molar-refractivity contribution in [1.29, 1.82) is 0 Å². The molecule has 0 aliphatic carbocycles. The number of nitrogens with zero attached hydrogens (tertiary/aromatic N) is 1. The van der Waals surface area contributed by atoms with Gasteiger partial charge < -0.3 is 19.3 Å². The molecule has 218 valence electrons. The highest BCUT2D eigenvalue weighted by molar-refractivity contribution is 14.1. The van der Waals surface area contributed by atoms with Gasteiger partial charge in [-0.05, 0) is 64.4 Å². The number of fused-ring (bicyclic) bond motifs is 5. The van der Waals surface area contributed by atoms with Crippen molar-refractivity contribution in [3.8, 4) is 11.1 Å². The lowest BCUT2D eigenvalue weighted by Crippen LogP contribution is -2.65. The summed E-state index contributed by atoms with van der Waals surface area (Å²) in [4.78, 5) is 36.9. The number of hydrogen-bond acceptors (Lipinski definition) is 5. The lowest BCUT2D eigenvalue weighted by Gasteiger charge is -2.50. The Bertz CT molecular complexity index is 1550. The molecule has 0 aromatic heterocycles. The predicted molar refractivity (Wildman–Crippen MR) is 170 cm³/mol. The lowest BCUT2D eigenvalue weighted by atomic mass is 9.96. The van der Waals surface area contributed by atoms with Gasteiger partial charge in [0.1, 0.15) is 24.5 Å². The Hall–Kier alpha value is -2.99. The van der Waals surface area contributed by atoms with Crippen LogP contribution >= 0.6 is 34.2 Å². The maximum absolute atomic E-state index is 13.2. The monoisotopic (exact) mass is 700 g/mol. The number of piperidine rings is 1. The summed E-state index contributed by atoms with van der Waals surface area (Å²) in [6.45, 7) is 0. The zero-order valence-electron chi connectivity index (χ0n) is 23.3. The van der Waals surface area contributed by atoms with E-state index in [0.717, 1.165) is 34.0 Å². The predicted octanol–water partition coefficient (Wildman–Crippen LogP) is 6.46. The van der Waals surface area contributed by atoms with Gasteiger partial charge in [-0.2, -0.15) is 0 Å². The quantitative estimate of drug-likeness (QED) is 0.0703. The number of alkyl halides is 1. The Morgan fingerprint density at radius 2 is 1.88 bits per heavy atom. The zero-order chi connectivity index (χ0) is 29.6. The summed E-state index contributed by atoms with van der Waals surface area (Å²) < 4.78 is 12.7. The third kappa shape index (κ3) is 5.43. The van der Waals surface area contributed by atoms with Crippen LogP contribution in [0.2, 0.25) is 5.02 Å². The summed E-state index contributed by atoms with van der Waals surface area (Å²) in [5.41, 5.74) is 4.23. The molecule has 0 saturated carbocycles.